The topological polar surface area (TPSA) is 127 Å². The van der Waals surface area contributed by atoms with Crippen molar-refractivity contribution < 1.29 is 29.3 Å². The molecule has 0 unspecified atom stereocenters. The van der Waals surface area contributed by atoms with Crippen molar-refractivity contribution in [1.29, 1.82) is 0 Å². The lowest BCUT2D eigenvalue weighted by molar-refractivity contribution is -0.139. The first-order valence-electron chi connectivity index (χ1n) is 6.38. The van der Waals surface area contributed by atoms with Crippen LogP contribution in [0.5, 0.6) is 5.75 Å². The highest BCUT2D eigenvalue weighted by atomic mass is 16.5. The smallest absolute Gasteiger partial charge is 0.320 e. The standard InChI is InChI=1S/C14H17NO6/c15-11(14(19)20)8-9-4-6-10(7-5-9)21-13(18)3-1-2-12(16)17/h4-7,11H,1-3,8,15H2,(H,16,17)(H,19,20)/t11-/m0/s1. The average Bonchev–Trinajstić information content (AvgIpc) is 2.40. The number of rotatable bonds is 8. The van der Waals surface area contributed by atoms with E-state index in [0.29, 0.717) is 5.75 Å². The minimum absolute atomic E-state index is 0.0257. The molecule has 1 aromatic rings. The minimum atomic E-state index is -1.08. The molecule has 0 amide bonds. The van der Waals surface area contributed by atoms with E-state index in [1.54, 1.807) is 24.3 Å². The Bertz CT molecular complexity index is 511. The van der Waals surface area contributed by atoms with Crippen LogP contribution in [0, 0.1) is 0 Å². The highest BCUT2D eigenvalue weighted by molar-refractivity contribution is 5.74. The van der Waals surface area contributed by atoms with Gasteiger partial charge in [-0.3, -0.25) is 14.4 Å². The van der Waals surface area contributed by atoms with Crippen molar-refractivity contribution in [2.24, 2.45) is 5.73 Å². The third-order valence-electron chi connectivity index (χ3n) is 2.70. The second-order valence-electron chi connectivity index (χ2n) is 4.51. The lowest BCUT2D eigenvalue weighted by Gasteiger charge is -2.08. The molecule has 0 aromatic heterocycles. The molecule has 0 bridgehead atoms. The number of carboxylic acids is 2. The molecule has 0 aliphatic heterocycles. The molecule has 0 saturated carbocycles. The van der Waals surface area contributed by atoms with E-state index in [9.17, 15) is 14.4 Å². The molecule has 1 aromatic carbocycles. The summed E-state index contributed by atoms with van der Waals surface area (Å²) in [5.74, 6) is -2.22. The van der Waals surface area contributed by atoms with Gasteiger partial charge >= 0.3 is 17.9 Å². The van der Waals surface area contributed by atoms with E-state index in [4.69, 9.17) is 20.7 Å². The lowest BCUT2D eigenvalue weighted by atomic mass is 10.1. The Labute approximate surface area is 121 Å². The summed E-state index contributed by atoms with van der Waals surface area (Å²) in [6.07, 6.45) is 0.348. The van der Waals surface area contributed by atoms with Gasteiger partial charge in [-0.25, -0.2) is 0 Å². The molecular weight excluding hydrogens is 278 g/mol. The first-order valence-corrected chi connectivity index (χ1v) is 6.38. The second-order valence-corrected chi connectivity index (χ2v) is 4.51. The maximum Gasteiger partial charge on any atom is 0.320 e. The highest BCUT2D eigenvalue weighted by Crippen LogP contribution is 2.14. The van der Waals surface area contributed by atoms with Gasteiger partial charge in [-0.1, -0.05) is 12.1 Å². The van der Waals surface area contributed by atoms with Gasteiger partial charge in [-0.2, -0.15) is 0 Å². The predicted octanol–water partition coefficient (Wildman–Crippen LogP) is 0.801. The summed E-state index contributed by atoms with van der Waals surface area (Å²) in [5.41, 5.74) is 6.13. The van der Waals surface area contributed by atoms with Crippen molar-refractivity contribution >= 4 is 17.9 Å². The number of hydrogen-bond acceptors (Lipinski definition) is 5. The Morgan fingerprint density at radius 1 is 1.10 bits per heavy atom. The fourth-order valence-electron chi connectivity index (χ4n) is 1.60. The zero-order valence-corrected chi connectivity index (χ0v) is 11.3. The molecule has 0 aliphatic rings. The summed E-state index contributed by atoms with van der Waals surface area (Å²) in [4.78, 5) is 32.4. The normalized spacial score (nSPS) is 11.7. The molecule has 0 radical (unpaired) electrons. The summed E-state index contributed by atoms with van der Waals surface area (Å²) >= 11 is 0. The van der Waals surface area contributed by atoms with Gasteiger partial charge in [0.15, 0.2) is 0 Å². The number of carboxylic acid groups (broad SMARTS) is 2. The van der Waals surface area contributed by atoms with Gasteiger partial charge in [0.25, 0.3) is 0 Å². The van der Waals surface area contributed by atoms with Crippen LogP contribution in [0.1, 0.15) is 24.8 Å². The number of nitrogens with two attached hydrogens (primary N) is 1. The van der Waals surface area contributed by atoms with Crippen molar-refractivity contribution in [3.8, 4) is 5.75 Å². The molecule has 1 atom stereocenters. The van der Waals surface area contributed by atoms with Crippen molar-refractivity contribution in [3.05, 3.63) is 29.8 Å². The van der Waals surface area contributed by atoms with E-state index < -0.39 is 23.9 Å². The van der Waals surface area contributed by atoms with Crippen LogP contribution in [-0.2, 0) is 20.8 Å². The molecule has 7 heteroatoms. The molecule has 4 N–H and O–H groups in total. The fraction of sp³-hybridized carbons (Fsp3) is 0.357. The van der Waals surface area contributed by atoms with E-state index in [2.05, 4.69) is 0 Å². The molecule has 7 nitrogen and oxygen atoms in total. The van der Waals surface area contributed by atoms with Crippen molar-refractivity contribution in [1.82, 2.24) is 0 Å². The van der Waals surface area contributed by atoms with Crippen LogP contribution in [0.15, 0.2) is 24.3 Å². The van der Waals surface area contributed by atoms with Gasteiger partial charge in [-0.05, 0) is 30.5 Å². The first kappa shape index (κ1) is 16.6. The zero-order chi connectivity index (χ0) is 15.8. The monoisotopic (exact) mass is 295 g/mol. The summed E-state index contributed by atoms with van der Waals surface area (Å²) in [6.45, 7) is 0. The Hall–Kier alpha value is -2.41. The lowest BCUT2D eigenvalue weighted by Crippen LogP contribution is -2.32. The van der Waals surface area contributed by atoms with E-state index in [0.717, 1.165) is 5.56 Å². The number of carbonyl (C=O) groups excluding carboxylic acids is 1. The van der Waals surface area contributed by atoms with Crippen LogP contribution >= 0.6 is 0 Å². The van der Waals surface area contributed by atoms with Gasteiger partial charge in [0, 0.05) is 12.8 Å². The van der Waals surface area contributed by atoms with E-state index in [1.165, 1.54) is 0 Å². The number of aliphatic carboxylic acids is 2. The molecular formula is C14H17NO6. The van der Waals surface area contributed by atoms with E-state index >= 15 is 0 Å². The van der Waals surface area contributed by atoms with Gasteiger partial charge in [0.2, 0.25) is 0 Å². The number of hydrogen-bond donors (Lipinski definition) is 3. The Morgan fingerprint density at radius 3 is 2.24 bits per heavy atom. The Kier molecular flexibility index (Phi) is 6.35. The van der Waals surface area contributed by atoms with Gasteiger partial charge in [0.05, 0.1) is 0 Å². The highest BCUT2D eigenvalue weighted by Gasteiger charge is 2.12. The van der Waals surface area contributed by atoms with Gasteiger partial charge in [-0.15, -0.1) is 0 Å². The fourth-order valence-corrected chi connectivity index (χ4v) is 1.60. The molecule has 0 saturated heterocycles. The number of benzene rings is 1. The molecule has 0 fully saturated rings. The number of ether oxygens (including phenoxy) is 1. The van der Waals surface area contributed by atoms with Crippen LogP contribution in [-0.4, -0.2) is 34.2 Å². The predicted molar refractivity (Wildman–Crippen MR) is 72.9 cm³/mol. The quantitative estimate of drug-likeness (QED) is 0.478. The maximum absolute atomic E-state index is 11.4. The second kappa shape index (κ2) is 8.01. The van der Waals surface area contributed by atoms with E-state index in [-0.39, 0.29) is 25.7 Å². The van der Waals surface area contributed by atoms with Crippen LogP contribution in [0.3, 0.4) is 0 Å². The molecule has 114 valence electrons. The summed E-state index contributed by atoms with van der Waals surface area (Å²) in [5, 5.41) is 17.2. The first-order chi connectivity index (χ1) is 9.88. The van der Waals surface area contributed by atoms with Crippen LogP contribution in [0.2, 0.25) is 0 Å². The third kappa shape index (κ3) is 6.53. The van der Waals surface area contributed by atoms with Gasteiger partial charge in [0.1, 0.15) is 11.8 Å². The third-order valence-corrected chi connectivity index (χ3v) is 2.70. The van der Waals surface area contributed by atoms with Gasteiger partial charge < -0.3 is 20.7 Å². The van der Waals surface area contributed by atoms with Crippen LogP contribution in [0.4, 0.5) is 0 Å². The Balaban J connectivity index is 2.45. The minimum Gasteiger partial charge on any atom is -0.481 e. The molecule has 0 heterocycles. The van der Waals surface area contributed by atoms with Crippen molar-refractivity contribution in [3.63, 3.8) is 0 Å². The van der Waals surface area contributed by atoms with Crippen molar-refractivity contribution in [2.75, 3.05) is 0 Å². The summed E-state index contributed by atoms with van der Waals surface area (Å²) < 4.78 is 5.02. The zero-order valence-electron chi connectivity index (χ0n) is 11.3. The maximum atomic E-state index is 11.4. The SMILES string of the molecule is N[C@@H](Cc1ccc(OC(=O)CCCC(=O)O)cc1)C(=O)O. The summed E-state index contributed by atoms with van der Waals surface area (Å²) in [6, 6.07) is 5.36. The van der Waals surface area contributed by atoms with E-state index in [1.807, 2.05) is 0 Å². The average molecular weight is 295 g/mol. The molecule has 21 heavy (non-hydrogen) atoms. The van der Waals surface area contributed by atoms with Crippen LogP contribution < -0.4 is 10.5 Å². The number of carbonyl (C=O) groups is 3. The summed E-state index contributed by atoms with van der Waals surface area (Å²) in [7, 11) is 0. The largest absolute Gasteiger partial charge is 0.481 e. The molecule has 0 spiro atoms. The molecule has 0 aliphatic carbocycles. The Morgan fingerprint density at radius 2 is 1.71 bits per heavy atom. The molecule has 1 rings (SSSR count). The van der Waals surface area contributed by atoms with Crippen molar-refractivity contribution in [2.45, 2.75) is 31.7 Å². The van der Waals surface area contributed by atoms with Crippen LogP contribution in [0.25, 0.3) is 0 Å². The number of esters is 1.